The molecule has 6 heteroatoms. The van der Waals surface area contributed by atoms with Gasteiger partial charge in [-0.3, -0.25) is 9.78 Å². The van der Waals surface area contributed by atoms with Crippen LogP contribution in [0.1, 0.15) is 23.2 Å². The maximum absolute atomic E-state index is 12.1. The lowest BCUT2D eigenvalue weighted by Crippen LogP contribution is -2.40. The number of carbonyl (C=O) groups is 2. The van der Waals surface area contributed by atoms with E-state index in [1.54, 1.807) is 0 Å². The maximum Gasteiger partial charge on any atom is 0.326 e. The summed E-state index contributed by atoms with van der Waals surface area (Å²) in [5.74, 6) is -1.34. The SMILES string of the molecule is O=C(O)[C@H]1CCCN1C(=O)c1cnccc1Cl. The number of halogens is 1. The van der Waals surface area contributed by atoms with Crippen LogP contribution in [0, 0.1) is 0 Å². The first-order valence-corrected chi connectivity index (χ1v) is 5.62. The Bertz CT molecular complexity index is 464. The molecule has 1 aromatic rings. The summed E-state index contributed by atoms with van der Waals surface area (Å²) in [5.41, 5.74) is 0.252. The lowest BCUT2D eigenvalue weighted by atomic mass is 10.2. The maximum atomic E-state index is 12.1. The number of nitrogens with zero attached hydrogens (tertiary/aromatic N) is 2. The molecule has 1 saturated heterocycles. The van der Waals surface area contributed by atoms with Crippen molar-refractivity contribution < 1.29 is 14.7 Å². The Balaban J connectivity index is 2.26. The Kier molecular flexibility index (Phi) is 3.28. The third-order valence-electron chi connectivity index (χ3n) is 2.80. The van der Waals surface area contributed by atoms with Crippen LogP contribution in [0.25, 0.3) is 0 Å². The van der Waals surface area contributed by atoms with Crippen LogP contribution in [0.5, 0.6) is 0 Å². The van der Waals surface area contributed by atoms with Crippen molar-refractivity contribution in [2.45, 2.75) is 18.9 Å². The fourth-order valence-corrected chi connectivity index (χ4v) is 2.14. The summed E-state index contributed by atoms with van der Waals surface area (Å²) in [6, 6.07) is 0.763. The number of aliphatic carboxylic acids is 1. The molecule has 2 rings (SSSR count). The first kappa shape index (κ1) is 11.9. The number of hydrogen-bond donors (Lipinski definition) is 1. The van der Waals surface area contributed by atoms with Crippen LogP contribution in [0.4, 0.5) is 0 Å². The van der Waals surface area contributed by atoms with Gasteiger partial charge < -0.3 is 10.0 Å². The van der Waals surface area contributed by atoms with E-state index in [1.165, 1.54) is 23.4 Å². The van der Waals surface area contributed by atoms with Crippen LogP contribution < -0.4 is 0 Å². The summed E-state index contributed by atoms with van der Waals surface area (Å²) in [5, 5.41) is 9.30. The van der Waals surface area contributed by atoms with E-state index >= 15 is 0 Å². The number of pyridine rings is 1. The Labute approximate surface area is 103 Å². The predicted octanol–water partition coefficient (Wildman–Crippen LogP) is 1.42. The monoisotopic (exact) mass is 254 g/mol. The van der Waals surface area contributed by atoms with Gasteiger partial charge in [-0.2, -0.15) is 0 Å². The number of hydrogen-bond acceptors (Lipinski definition) is 3. The quantitative estimate of drug-likeness (QED) is 0.867. The van der Waals surface area contributed by atoms with E-state index < -0.39 is 12.0 Å². The van der Waals surface area contributed by atoms with Gasteiger partial charge in [-0.15, -0.1) is 0 Å². The van der Waals surface area contributed by atoms with E-state index in [0.717, 1.165) is 0 Å². The molecule has 1 amide bonds. The highest BCUT2D eigenvalue weighted by molar-refractivity contribution is 6.33. The van der Waals surface area contributed by atoms with Gasteiger partial charge in [0, 0.05) is 18.9 Å². The van der Waals surface area contributed by atoms with Gasteiger partial charge >= 0.3 is 5.97 Å². The average molecular weight is 255 g/mol. The van der Waals surface area contributed by atoms with Crippen LogP contribution in [0.2, 0.25) is 5.02 Å². The third kappa shape index (κ3) is 2.24. The number of amides is 1. The van der Waals surface area contributed by atoms with E-state index in [2.05, 4.69) is 4.98 Å². The van der Waals surface area contributed by atoms with Gasteiger partial charge in [-0.05, 0) is 18.9 Å². The zero-order valence-corrected chi connectivity index (χ0v) is 9.72. The molecule has 0 spiro atoms. The molecule has 2 heterocycles. The normalized spacial score (nSPS) is 19.4. The van der Waals surface area contributed by atoms with Crippen molar-refractivity contribution in [1.82, 2.24) is 9.88 Å². The van der Waals surface area contributed by atoms with Crippen LogP contribution >= 0.6 is 11.6 Å². The van der Waals surface area contributed by atoms with Crippen molar-refractivity contribution in [1.29, 1.82) is 0 Å². The zero-order valence-electron chi connectivity index (χ0n) is 8.97. The fourth-order valence-electron chi connectivity index (χ4n) is 1.96. The molecular formula is C11H11ClN2O3. The van der Waals surface area contributed by atoms with Crippen molar-refractivity contribution in [3.8, 4) is 0 Å². The predicted molar refractivity (Wildman–Crippen MR) is 60.9 cm³/mol. The minimum atomic E-state index is -0.976. The minimum Gasteiger partial charge on any atom is -0.480 e. The van der Waals surface area contributed by atoms with Gasteiger partial charge in [-0.25, -0.2) is 4.79 Å². The summed E-state index contributed by atoms with van der Waals surface area (Å²) < 4.78 is 0. The minimum absolute atomic E-state index is 0.252. The number of carboxylic acid groups (broad SMARTS) is 1. The smallest absolute Gasteiger partial charge is 0.326 e. The van der Waals surface area contributed by atoms with Crippen LogP contribution in [-0.2, 0) is 4.79 Å². The third-order valence-corrected chi connectivity index (χ3v) is 3.13. The molecule has 1 fully saturated rings. The lowest BCUT2D eigenvalue weighted by molar-refractivity contribution is -0.141. The summed E-state index contributed by atoms with van der Waals surface area (Å²) >= 11 is 5.89. The largest absolute Gasteiger partial charge is 0.480 e. The summed E-state index contributed by atoms with van der Waals surface area (Å²) in [6.45, 7) is 0.445. The highest BCUT2D eigenvalue weighted by Gasteiger charge is 2.35. The van der Waals surface area contributed by atoms with Crippen molar-refractivity contribution in [3.63, 3.8) is 0 Å². The van der Waals surface area contributed by atoms with Crippen molar-refractivity contribution >= 4 is 23.5 Å². The Morgan fingerprint density at radius 1 is 1.53 bits per heavy atom. The summed E-state index contributed by atoms with van der Waals surface area (Å²) in [7, 11) is 0. The molecule has 1 N–H and O–H groups in total. The number of carbonyl (C=O) groups excluding carboxylic acids is 1. The highest BCUT2D eigenvalue weighted by atomic mass is 35.5. The van der Waals surface area contributed by atoms with Crippen molar-refractivity contribution in [2.75, 3.05) is 6.54 Å². The molecule has 0 saturated carbocycles. The van der Waals surface area contributed by atoms with Gasteiger partial charge in [0.15, 0.2) is 0 Å². The highest BCUT2D eigenvalue weighted by Crippen LogP contribution is 2.23. The van der Waals surface area contributed by atoms with Gasteiger partial charge in [0.05, 0.1) is 10.6 Å². The van der Waals surface area contributed by atoms with E-state index in [0.29, 0.717) is 24.4 Å². The first-order valence-electron chi connectivity index (χ1n) is 5.24. The van der Waals surface area contributed by atoms with Gasteiger partial charge in [0.1, 0.15) is 6.04 Å². The molecule has 1 aliphatic heterocycles. The zero-order chi connectivity index (χ0) is 12.4. The average Bonchev–Trinajstić information content (AvgIpc) is 2.77. The molecule has 0 aromatic carbocycles. The lowest BCUT2D eigenvalue weighted by Gasteiger charge is -2.21. The standard InChI is InChI=1S/C11H11ClN2O3/c12-8-3-4-13-6-7(8)10(15)14-5-1-2-9(14)11(16)17/h3-4,6,9H,1-2,5H2,(H,16,17)/t9-/m1/s1. The van der Waals surface area contributed by atoms with Crippen molar-refractivity contribution in [3.05, 3.63) is 29.0 Å². The molecule has 17 heavy (non-hydrogen) atoms. The number of likely N-dealkylation sites (tertiary alicyclic amines) is 1. The molecule has 0 bridgehead atoms. The molecule has 0 unspecified atom stereocenters. The Morgan fingerprint density at radius 2 is 2.29 bits per heavy atom. The van der Waals surface area contributed by atoms with Crippen molar-refractivity contribution in [2.24, 2.45) is 0 Å². The second-order valence-corrected chi connectivity index (χ2v) is 4.26. The number of rotatable bonds is 2. The molecule has 5 nitrogen and oxygen atoms in total. The van der Waals surface area contributed by atoms with E-state index in [9.17, 15) is 9.59 Å². The summed E-state index contributed by atoms with van der Waals surface area (Å²) in [4.78, 5) is 28.3. The van der Waals surface area contributed by atoms with E-state index in [1.807, 2.05) is 0 Å². The molecule has 0 radical (unpaired) electrons. The van der Waals surface area contributed by atoms with Gasteiger partial charge in [0.2, 0.25) is 0 Å². The number of aromatic nitrogens is 1. The molecule has 1 atom stereocenters. The Morgan fingerprint density at radius 3 is 2.94 bits per heavy atom. The topological polar surface area (TPSA) is 70.5 Å². The number of carboxylic acids is 1. The van der Waals surface area contributed by atoms with Crippen LogP contribution in [-0.4, -0.2) is 39.5 Å². The van der Waals surface area contributed by atoms with Gasteiger partial charge in [-0.1, -0.05) is 11.6 Å². The van der Waals surface area contributed by atoms with Gasteiger partial charge in [0.25, 0.3) is 5.91 Å². The molecule has 1 aromatic heterocycles. The van der Waals surface area contributed by atoms with E-state index in [4.69, 9.17) is 16.7 Å². The molecule has 0 aliphatic carbocycles. The Hall–Kier alpha value is -1.62. The van der Waals surface area contributed by atoms with E-state index in [-0.39, 0.29) is 11.5 Å². The molecule has 1 aliphatic rings. The molecule has 90 valence electrons. The second-order valence-electron chi connectivity index (χ2n) is 3.85. The fraction of sp³-hybridized carbons (Fsp3) is 0.364. The first-order chi connectivity index (χ1) is 8.11. The van der Waals surface area contributed by atoms with Crippen LogP contribution in [0.15, 0.2) is 18.5 Å². The summed E-state index contributed by atoms with van der Waals surface area (Å²) in [6.07, 6.45) is 4.03. The second kappa shape index (κ2) is 4.71. The van der Waals surface area contributed by atoms with Crippen LogP contribution in [0.3, 0.4) is 0 Å². The molecular weight excluding hydrogens is 244 g/mol.